The van der Waals surface area contributed by atoms with Crippen LogP contribution in [0, 0.1) is 6.92 Å². The van der Waals surface area contributed by atoms with Gasteiger partial charge in [0.1, 0.15) is 5.69 Å². The average Bonchev–Trinajstić information content (AvgIpc) is 2.64. The molecule has 0 spiro atoms. The zero-order valence-corrected chi connectivity index (χ0v) is 11.5. The number of benzene rings is 1. The van der Waals surface area contributed by atoms with Gasteiger partial charge in [-0.05, 0) is 43.4 Å². The molecule has 0 radical (unpaired) electrons. The monoisotopic (exact) mass is 286 g/mol. The minimum Gasteiger partial charge on any atom is -0.370 e. The smallest absolute Gasteiger partial charge is 0.296 e. The van der Waals surface area contributed by atoms with Crippen molar-refractivity contribution in [3.05, 3.63) is 35.0 Å². The second-order valence-electron chi connectivity index (χ2n) is 5.28. The highest BCUT2D eigenvalue weighted by atomic mass is 16.1. The number of aliphatic imine (C=N–C) groups is 1. The minimum atomic E-state index is -0.367. The maximum atomic E-state index is 12.2. The van der Waals surface area contributed by atoms with E-state index in [1.165, 1.54) is 11.1 Å². The van der Waals surface area contributed by atoms with Gasteiger partial charge < -0.3 is 16.0 Å². The Bertz CT molecular complexity index is 723. The van der Waals surface area contributed by atoms with Crippen LogP contribution in [0.4, 0.5) is 0 Å². The summed E-state index contributed by atoms with van der Waals surface area (Å²) >= 11 is 0. The van der Waals surface area contributed by atoms with E-state index >= 15 is 0 Å². The van der Waals surface area contributed by atoms with Gasteiger partial charge in [-0.25, -0.2) is 0 Å². The van der Waals surface area contributed by atoms with Gasteiger partial charge in [0.25, 0.3) is 5.91 Å². The number of aryl methyl sites for hydroxylation is 3. The summed E-state index contributed by atoms with van der Waals surface area (Å²) in [6.07, 6.45) is 3.24. The molecular weight excluding hydrogens is 264 g/mol. The van der Waals surface area contributed by atoms with Gasteiger partial charge in [-0.1, -0.05) is 19.6 Å². The Balaban J connectivity index is 0.00000161. The average molecular weight is 286 g/mol. The van der Waals surface area contributed by atoms with Gasteiger partial charge in [-0.15, -0.1) is 0 Å². The van der Waals surface area contributed by atoms with Gasteiger partial charge in [0.15, 0.2) is 5.96 Å². The molecule has 1 aliphatic heterocycles. The number of hydrogen-bond donors (Lipinski definition) is 2. The van der Waals surface area contributed by atoms with E-state index in [-0.39, 0.29) is 19.3 Å². The van der Waals surface area contributed by atoms with E-state index < -0.39 is 0 Å². The van der Waals surface area contributed by atoms with E-state index in [0.717, 1.165) is 36.7 Å². The van der Waals surface area contributed by atoms with Gasteiger partial charge in [0.05, 0.1) is 5.52 Å². The number of hydrogen-bond acceptors (Lipinski definition) is 1. The molecule has 3 rings (SSSR count). The molecule has 4 N–H and O–H groups in total. The highest BCUT2D eigenvalue weighted by Crippen LogP contribution is 2.30. The molecular formula is C16H22N4O. The number of carbonyl (C=O) groups is 1. The number of guanidine groups is 1. The predicted molar refractivity (Wildman–Crippen MR) is 86.5 cm³/mol. The molecule has 0 atom stereocenters. The number of carbonyl (C=O) groups excluding carboxylic acids is 1. The lowest BCUT2D eigenvalue weighted by Crippen LogP contribution is -2.24. The summed E-state index contributed by atoms with van der Waals surface area (Å²) in [5.41, 5.74) is 14.8. The van der Waals surface area contributed by atoms with E-state index in [2.05, 4.69) is 28.6 Å². The zero-order chi connectivity index (χ0) is 14.3. The standard InChI is InChI=1S/C15H18N4O.CH4/c1-9-5-6-10-4-2-3-7-19-12(8-11(9)13(10)19)14(20)18-15(16)17;/h5-6,8H,2-4,7H2,1H3,(H4,16,17,18,20);1H4. The highest BCUT2D eigenvalue weighted by molar-refractivity contribution is 6.05. The Hall–Kier alpha value is -2.30. The largest absolute Gasteiger partial charge is 0.370 e. The van der Waals surface area contributed by atoms with Gasteiger partial charge in [-0.3, -0.25) is 4.79 Å². The van der Waals surface area contributed by atoms with Crippen LogP contribution in [-0.2, 0) is 13.0 Å². The van der Waals surface area contributed by atoms with Crippen molar-refractivity contribution in [2.24, 2.45) is 16.5 Å². The van der Waals surface area contributed by atoms with E-state index in [4.69, 9.17) is 11.5 Å². The van der Waals surface area contributed by atoms with Crippen molar-refractivity contribution in [3.63, 3.8) is 0 Å². The summed E-state index contributed by atoms with van der Waals surface area (Å²) in [4.78, 5) is 15.9. The van der Waals surface area contributed by atoms with Gasteiger partial charge in [0, 0.05) is 11.9 Å². The third kappa shape index (κ3) is 2.51. The molecule has 5 heteroatoms. The number of nitrogens with zero attached hydrogens (tertiary/aromatic N) is 2. The highest BCUT2D eigenvalue weighted by Gasteiger charge is 2.20. The molecule has 0 saturated heterocycles. The normalized spacial score (nSPS) is 13.4. The summed E-state index contributed by atoms with van der Waals surface area (Å²) in [6, 6.07) is 6.19. The third-order valence-corrected chi connectivity index (χ3v) is 3.89. The first-order valence-corrected chi connectivity index (χ1v) is 6.83. The number of rotatable bonds is 1. The van der Waals surface area contributed by atoms with Crippen LogP contribution in [0.3, 0.4) is 0 Å². The Morgan fingerprint density at radius 1 is 1.29 bits per heavy atom. The van der Waals surface area contributed by atoms with Crippen molar-refractivity contribution in [1.82, 2.24) is 4.57 Å². The first-order chi connectivity index (χ1) is 9.58. The van der Waals surface area contributed by atoms with Crippen molar-refractivity contribution in [1.29, 1.82) is 0 Å². The van der Waals surface area contributed by atoms with E-state index in [9.17, 15) is 4.79 Å². The van der Waals surface area contributed by atoms with Crippen LogP contribution in [0.15, 0.2) is 23.2 Å². The zero-order valence-electron chi connectivity index (χ0n) is 11.5. The second kappa shape index (κ2) is 5.60. The Labute approximate surface area is 124 Å². The van der Waals surface area contributed by atoms with Crippen LogP contribution in [0.5, 0.6) is 0 Å². The summed E-state index contributed by atoms with van der Waals surface area (Å²) < 4.78 is 2.07. The molecule has 112 valence electrons. The molecule has 1 aliphatic rings. The maximum absolute atomic E-state index is 12.2. The molecule has 1 aromatic carbocycles. The number of amides is 1. The second-order valence-corrected chi connectivity index (χ2v) is 5.28. The van der Waals surface area contributed by atoms with E-state index in [0.29, 0.717) is 5.69 Å². The molecule has 0 aliphatic carbocycles. The minimum absolute atomic E-state index is 0. The Morgan fingerprint density at radius 3 is 2.76 bits per heavy atom. The number of aromatic nitrogens is 1. The van der Waals surface area contributed by atoms with Crippen LogP contribution in [-0.4, -0.2) is 16.4 Å². The first-order valence-electron chi connectivity index (χ1n) is 6.83. The van der Waals surface area contributed by atoms with Gasteiger partial charge >= 0.3 is 0 Å². The molecule has 2 heterocycles. The number of nitrogens with two attached hydrogens (primary N) is 2. The van der Waals surface area contributed by atoms with Crippen molar-refractivity contribution >= 4 is 22.8 Å². The van der Waals surface area contributed by atoms with Crippen LogP contribution >= 0.6 is 0 Å². The summed E-state index contributed by atoms with van der Waals surface area (Å²) in [6.45, 7) is 2.89. The Kier molecular flexibility index (Phi) is 4.02. The van der Waals surface area contributed by atoms with Crippen molar-refractivity contribution in [2.75, 3.05) is 0 Å². The molecule has 0 saturated carbocycles. The van der Waals surface area contributed by atoms with Crippen LogP contribution in [0.25, 0.3) is 10.9 Å². The maximum Gasteiger partial charge on any atom is 0.296 e. The molecule has 5 nitrogen and oxygen atoms in total. The first kappa shape index (κ1) is 15.1. The fraction of sp³-hybridized carbons (Fsp3) is 0.375. The lowest BCUT2D eigenvalue weighted by molar-refractivity contribution is 0.0994. The van der Waals surface area contributed by atoms with Crippen molar-refractivity contribution in [3.8, 4) is 0 Å². The van der Waals surface area contributed by atoms with Gasteiger partial charge in [0.2, 0.25) is 0 Å². The van der Waals surface area contributed by atoms with Crippen LogP contribution in [0.2, 0.25) is 0 Å². The summed E-state index contributed by atoms with van der Waals surface area (Å²) in [7, 11) is 0. The lowest BCUT2D eigenvalue weighted by Gasteiger charge is -2.07. The molecule has 21 heavy (non-hydrogen) atoms. The lowest BCUT2D eigenvalue weighted by atomic mass is 10.0. The van der Waals surface area contributed by atoms with Crippen LogP contribution < -0.4 is 11.5 Å². The molecule has 1 amide bonds. The molecule has 1 aromatic heterocycles. The Morgan fingerprint density at radius 2 is 2.05 bits per heavy atom. The molecule has 0 fully saturated rings. The van der Waals surface area contributed by atoms with E-state index in [1.54, 1.807) is 0 Å². The molecule has 2 aromatic rings. The van der Waals surface area contributed by atoms with Gasteiger partial charge in [-0.2, -0.15) is 4.99 Å². The van der Waals surface area contributed by atoms with Crippen molar-refractivity contribution < 1.29 is 4.79 Å². The fourth-order valence-corrected chi connectivity index (χ4v) is 2.96. The molecule has 0 unspecified atom stereocenters. The topological polar surface area (TPSA) is 86.4 Å². The third-order valence-electron chi connectivity index (χ3n) is 3.89. The molecule has 0 bridgehead atoms. The van der Waals surface area contributed by atoms with Crippen molar-refractivity contribution in [2.45, 2.75) is 40.2 Å². The van der Waals surface area contributed by atoms with Crippen LogP contribution in [0.1, 0.15) is 41.9 Å². The summed E-state index contributed by atoms with van der Waals surface area (Å²) in [5.74, 6) is -0.563. The SMILES string of the molecule is C.Cc1ccc2c3c1cc(C(=O)N=C(N)N)n3CCCC2. The van der Waals surface area contributed by atoms with E-state index in [1.807, 2.05) is 6.07 Å². The summed E-state index contributed by atoms with van der Waals surface area (Å²) in [5, 5.41) is 1.12. The quantitative estimate of drug-likeness (QED) is 0.623. The fourth-order valence-electron chi connectivity index (χ4n) is 2.96. The predicted octanol–water partition coefficient (Wildman–Crippen LogP) is 2.34.